The molecule has 0 radical (unpaired) electrons. The van der Waals surface area contributed by atoms with E-state index in [9.17, 15) is 9.18 Å². The lowest BCUT2D eigenvalue weighted by Gasteiger charge is -2.26. The number of carbonyl (C=O) groups excluding carboxylic acids is 1. The standard InChI is InChI=1S/C18H21ClFN5O2/c1-12-10-16(17(26)21-4-5-25-6-8-27-9-7-25)24-18(22-12)23-13-2-3-15(20)14(19)11-13/h2-3,10-11H,4-9H2,1H3,(H,21,26)(H,22,23,24). The van der Waals surface area contributed by atoms with Gasteiger partial charge in [0.1, 0.15) is 11.5 Å². The van der Waals surface area contributed by atoms with E-state index < -0.39 is 5.82 Å². The highest BCUT2D eigenvalue weighted by Gasteiger charge is 2.13. The Hall–Kier alpha value is -2.29. The van der Waals surface area contributed by atoms with Gasteiger partial charge in [-0.1, -0.05) is 11.6 Å². The molecule has 1 amide bonds. The summed E-state index contributed by atoms with van der Waals surface area (Å²) in [6.45, 7) is 6.25. The van der Waals surface area contributed by atoms with Crippen molar-refractivity contribution in [3.05, 3.63) is 46.5 Å². The second kappa shape index (κ2) is 9.07. The maximum absolute atomic E-state index is 13.3. The van der Waals surface area contributed by atoms with E-state index in [0.717, 1.165) is 32.8 Å². The van der Waals surface area contributed by atoms with Crippen LogP contribution in [-0.2, 0) is 4.74 Å². The number of hydrogen-bond acceptors (Lipinski definition) is 6. The third-order valence-electron chi connectivity index (χ3n) is 4.08. The van der Waals surface area contributed by atoms with Crippen LogP contribution in [0, 0.1) is 12.7 Å². The maximum Gasteiger partial charge on any atom is 0.270 e. The number of anilines is 2. The molecule has 0 unspecified atom stereocenters. The molecular weight excluding hydrogens is 373 g/mol. The van der Waals surface area contributed by atoms with Crippen LogP contribution in [0.25, 0.3) is 0 Å². The normalized spacial score (nSPS) is 14.8. The van der Waals surface area contributed by atoms with Gasteiger partial charge in [-0.05, 0) is 31.2 Å². The molecule has 2 N–H and O–H groups in total. The molecule has 0 spiro atoms. The van der Waals surface area contributed by atoms with Crippen molar-refractivity contribution in [2.75, 3.05) is 44.7 Å². The van der Waals surface area contributed by atoms with Gasteiger partial charge in [0.25, 0.3) is 5.91 Å². The van der Waals surface area contributed by atoms with Gasteiger partial charge in [0.15, 0.2) is 0 Å². The molecule has 1 aromatic heterocycles. The molecule has 0 atom stereocenters. The van der Waals surface area contributed by atoms with Crippen LogP contribution in [0.4, 0.5) is 16.0 Å². The van der Waals surface area contributed by atoms with Gasteiger partial charge in [-0.3, -0.25) is 9.69 Å². The van der Waals surface area contributed by atoms with Gasteiger partial charge in [0.05, 0.1) is 18.2 Å². The summed E-state index contributed by atoms with van der Waals surface area (Å²) in [7, 11) is 0. The summed E-state index contributed by atoms with van der Waals surface area (Å²) in [5.74, 6) is -0.530. The van der Waals surface area contributed by atoms with E-state index in [1.807, 2.05) is 0 Å². The van der Waals surface area contributed by atoms with Gasteiger partial charge in [-0.25, -0.2) is 14.4 Å². The first kappa shape index (κ1) is 19.5. The van der Waals surface area contributed by atoms with Crippen LogP contribution in [0.5, 0.6) is 0 Å². The van der Waals surface area contributed by atoms with Gasteiger partial charge in [-0.2, -0.15) is 0 Å². The van der Waals surface area contributed by atoms with E-state index in [0.29, 0.717) is 17.9 Å². The lowest BCUT2D eigenvalue weighted by Crippen LogP contribution is -2.41. The number of nitrogens with one attached hydrogen (secondary N) is 2. The summed E-state index contributed by atoms with van der Waals surface area (Å²) < 4.78 is 18.6. The first-order chi connectivity index (χ1) is 13.0. The van der Waals surface area contributed by atoms with E-state index in [2.05, 4.69) is 25.5 Å². The highest BCUT2D eigenvalue weighted by molar-refractivity contribution is 6.31. The van der Waals surface area contributed by atoms with Crippen molar-refractivity contribution in [2.45, 2.75) is 6.92 Å². The van der Waals surface area contributed by atoms with E-state index in [1.54, 1.807) is 13.0 Å². The number of nitrogens with zero attached hydrogens (tertiary/aromatic N) is 3. The predicted molar refractivity (Wildman–Crippen MR) is 101 cm³/mol. The molecule has 0 bridgehead atoms. The van der Waals surface area contributed by atoms with Crippen LogP contribution in [-0.4, -0.2) is 60.2 Å². The summed E-state index contributed by atoms with van der Waals surface area (Å²) in [6.07, 6.45) is 0. The summed E-state index contributed by atoms with van der Waals surface area (Å²) in [6, 6.07) is 5.83. The molecule has 1 saturated heterocycles. The Balaban J connectivity index is 1.61. The van der Waals surface area contributed by atoms with Crippen molar-refractivity contribution in [3.63, 3.8) is 0 Å². The third-order valence-corrected chi connectivity index (χ3v) is 4.37. The molecule has 7 nitrogen and oxygen atoms in total. The van der Waals surface area contributed by atoms with E-state index in [-0.39, 0.29) is 22.6 Å². The number of carbonyl (C=O) groups is 1. The van der Waals surface area contributed by atoms with Crippen LogP contribution in [0.15, 0.2) is 24.3 Å². The van der Waals surface area contributed by atoms with E-state index in [1.165, 1.54) is 18.2 Å². The van der Waals surface area contributed by atoms with Gasteiger partial charge >= 0.3 is 0 Å². The maximum atomic E-state index is 13.3. The Kier molecular flexibility index (Phi) is 6.54. The van der Waals surface area contributed by atoms with Crippen molar-refractivity contribution in [3.8, 4) is 0 Å². The zero-order chi connectivity index (χ0) is 19.2. The van der Waals surface area contributed by atoms with Crippen LogP contribution < -0.4 is 10.6 Å². The number of halogens is 2. The molecule has 0 saturated carbocycles. The minimum Gasteiger partial charge on any atom is -0.379 e. The van der Waals surface area contributed by atoms with Crippen molar-refractivity contribution >= 4 is 29.1 Å². The molecule has 1 fully saturated rings. The number of aromatic nitrogens is 2. The SMILES string of the molecule is Cc1cc(C(=O)NCCN2CCOCC2)nc(Nc2ccc(F)c(Cl)c2)n1. The van der Waals surface area contributed by atoms with E-state index >= 15 is 0 Å². The van der Waals surface area contributed by atoms with Gasteiger partial charge in [0.2, 0.25) is 5.95 Å². The van der Waals surface area contributed by atoms with Crippen LogP contribution in [0.2, 0.25) is 5.02 Å². The number of aryl methyl sites for hydroxylation is 1. The average Bonchev–Trinajstić information content (AvgIpc) is 2.65. The molecule has 1 aliphatic heterocycles. The summed E-state index contributed by atoms with van der Waals surface area (Å²) >= 11 is 5.78. The van der Waals surface area contributed by atoms with Gasteiger partial charge in [-0.15, -0.1) is 0 Å². The Bertz CT molecular complexity index is 814. The molecule has 0 aliphatic carbocycles. The molecule has 1 aliphatic rings. The average molecular weight is 394 g/mol. The minimum absolute atomic E-state index is 0.00580. The predicted octanol–water partition coefficient (Wildman–Crippen LogP) is 2.38. The Morgan fingerprint density at radius 2 is 2.07 bits per heavy atom. The van der Waals surface area contributed by atoms with Crippen LogP contribution in [0.3, 0.4) is 0 Å². The summed E-state index contributed by atoms with van der Waals surface area (Å²) in [4.78, 5) is 23.1. The fourth-order valence-electron chi connectivity index (χ4n) is 2.69. The third kappa shape index (κ3) is 5.59. The molecular formula is C18H21ClFN5O2. The van der Waals surface area contributed by atoms with Crippen molar-refractivity contribution in [2.24, 2.45) is 0 Å². The number of hydrogen-bond donors (Lipinski definition) is 2. The second-order valence-electron chi connectivity index (χ2n) is 6.18. The van der Waals surface area contributed by atoms with Gasteiger partial charge in [0, 0.05) is 37.6 Å². The smallest absolute Gasteiger partial charge is 0.270 e. The molecule has 9 heteroatoms. The van der Waals surface area contributed by atoms with Crippen LogP contribution in [0.1, 0.15) is 16.2 Å². The van der Waals surface area contributed by atoms with Crippen LogP contribution >= 0.6 is 11.6 Å². The van der Waals surface area contributed by atoms with Crippen molar-refractivity contribution in [1.29, 1.82) is 0 Å². The quantitative estimate of drug-likeness (QED) is 0.784. The zero-order valence-corrected chi connectivity index (χ0v) is 15.7. The minimum atomic E-state index is -0.507. The lowest BCUT2D eigenvalue weighted by molar-refractivity contribution is 0.0383. The number of morpholine rings is 1. The number of benzene rings is 1. The zero-order valence-electron chi connectivity index (χ0n) is 15.0. The summed E-state index contributed by atoms with van der Waals surface area (Å²) in [5, 5.41) is 5.81. The monoisotopic (exact) mass is 393 g/mol. The Morgan fingerprint density at radius 1 is 1.30 bits per heavy atom. The number of ether oxygens (including phenoxy) is 1. The highest BCUT2D eigenvalue weighted by Crippen LogP contribution is 2.21. The molecule has 1 aromatic carbocycles. The topological polar surface area (TPSA) is 79.4 Å². The lowest BCUT2D eigenvalue weighted by atomic mass is 10.3. The fourth-order valence-corrected chi connectivity index (χ4v) is 2.87. The number of amides is 1. The van der Waals surface area contributed by atoms with Crippen molar-refractivity contribution in [1.82, 2.24) is 20.2 Å². The molecule has 3 rings (SSSR count). The Labute approximate surface area is 161 Å². The second-order valence-corrected chi connectivity index (χ2v) is 6.59. The largest absolute Gasteiger partial charge is 0.379 e. The molecule has 144 valence electrons. The fraction of sp³-hybridized carbons (Fsp3) is 0.389. The highest BCUT2D eigenvalue weighted by atomic mass is 35.5. The first-order valence-corrected chi connectivity index (χ1v) is 9.05. The first-order valence-electron chi connectivity index (χ1n) is 8.67. The van der Waals surface area contributed by atoms with E-state index in [4.69, 9.17) is 16.3 Å². The van der Waals surface area contributed by atoms with Crippen molar-refractivity contribution < 1.29 is 13.9 Å². The molecule has 27 heavy (non-hydrogen) atoms. The Morgan fingerprint density at radius 3 is 2.81 bits per heavy atom. The van der Waals surface area contributed by atoms with Gasteiger partial charge < -0.3 is 15.4 Å². The summed E-state index contributed by atoms with van der Waals surface area (Å²) in [5.41, 5.74) is 1.44. The molecule has 2 aromatic rings. The molecule has 2 heterocycles. The number of rotatable bonds is 6.